The summed E-state index contributed by atoms with van der Waals surface area (Å²) in [6.45, 7) is 2.12. The number of aliphatic hydroxyl groups excluding tert-OH is 1. The maximum Gasteiger partial charge on any atom is 0.0828 e. The zero-order valence-corrected chi connectivity index (χ0v) is 10.9. The number of hydrogen-bond donors (Lipinski definition) is 1. The zero-order chi connectivity index (χ0) is 11.4. The Labute approximate surface area is 103 Å². The molecule has 1 fully saturated rings. The number of hydrogen-bond acceptors (Lipinski definition) is 2. The predicted molar refractivity (Wildman–Crippen MR) is 69.8 cm³/mol. The SMILES string of the molecule is Cc1sccc1C(O)C1CCCCCCC1. The van der Waals surface area contributed by atoms with Crippen molar-refractivity contribution < 1.29 is 5.11 Å². The Morgan fingerprint density at radius 3 is 2.38 bits per heavy atom. The smallest absolute Gasteiger partial charge is 0.0828 e. The molecule has 0 amide bonds. The molecule has 1 atom stereocenters. The van der Waals surface area contributed by atoms with Gasteiger partial charge in [-0.1, -0.05) is 32.1 Å². The van der Waals surface area contributed by atoms with Gasteiger partial charge in [-0.15, -0.1) is 11.3 Å². The van der Waals surface area contributed by atoms with Crippen LogP contribution in [0.5, 0.6) is 0 Å². The molecule has 0 aliphatic heterocycles. The van der Waals surface area contributed by atoms with Crippen molar-refractivity contribution in [1.82, 2.24) is 0 Å². The summed E-state index contributed by atoms with van der Waals surface area (Å²) in [5, 5.41) is 12.5. The van der Waals surface area contributed by atoms with Crippen LogP contribution in [0, 0.1) is 12.8 Å². The first-order valence-corrected chi connectivity index (χ1v) is 7.39. The first-order chi connectivity index (χ1) is 7.79. The average molecular weight is 238 g/mol. The molecule has 0 aromatic carbocycles. The Kier molecular flexibility index (Phi) is 4.42. The molecule has 1 unspecified atom stereocenters. The standard InChI is InChI=1S/C14H22OS/c1-11-13(9-10-16-11)14(15)12-7-5-3-2-4-6-8-12/h9-10,12,14-15H,2-8H2,1H3. The summed E-state index contributed by atoms with van der Waals surface area (Å²) in [7, 11) is 0. The van der Waals surface area contributed by atoms with Crippen LogP contribution in [0.15, 0.2) is 11.4 Å². The van der Waals surface area contributed by atoms with Gasteiger partial charge in [0.2, 0.25) is 0 Å². The average Bonchev–Trinajstić information content (AvgIpc) is 2.63. The zero-order valence-electron chi connectivity index (χ0n) is 10.1. The van der Waals surface area contributed by atoms with E-state index in [0.29, 0.717) is 5.92 Å². The Balaban J connectivity index is 2.02. The van der Waals surface area contributed by atoms with Crippen LogP contribution < -0.4 is 0 Å². The molecule has 90 valence electrons. The van der Waals surface area contributed by atoms with Crippen molar-refractivity contribution in [3.63, 3.8) is 0 Å². The molecule has 0 radical (unpaired) electrons. The molecule has 2 rings (SSSR count). The molecule has 16 heavy (non-hydrogen) atoms. The maximum absolute atomic E-state index is 10.4. The van der Waals surface area contributed by atoms with Crippen LogP contribution in [0.1, 0.15) is 61.5 Å². The fraction of sp³-hybridized carbons (Fsp3) is 0.714. The van der Waals surface area contributed by atoms with Gasteiger partial charge in [0.25, 0.3) is 0 Å². The second-order valence-electron chi connectivity index (χ2n) is 4.98. The van der Waals surface area contributed by atoms with E-state index < -0.39 is 0 Å². The third-order valence-electron chi connectivity index (χ3n) is 3.81. The summed E-state index contributed by atoms with van der Waals surface area (Å²) in [5.74, 6) is 0.494. The van der Waals surface area contributed by atoms with Crippen molar-refractivity contribution >= 4 is 11.3 Å². The Morgan fingerprint density at radius 1 is 1.19 bits per heavy atom. The van der Waals surface area contributed by atoms with Crippen molar-refractivity contribution in [2.24, 2.45) is 5.92 Å². The number of rotatable bonds is 2. The molecule has 1 aliphatic rings. The first kappa shape index (κ1) is 12.1. The predicted octanol–water partition coefficient (Wildman–Crippen LogP) is 4.45. The fourth-order valence-corrected chi connectivity index (χ4v) is 3.50. The van der Waals surface area contributed by atoms with Gasteiger partial charge in [-0.3, -0.25) is 0 Å². The van der Waals surface area contributed by atoms with Gasteiger partial charge in [-0.25, -0.2) is 0 Å². The minimum absolute atomic E-state index is 0.218. The summed E-state index contributed by atoms with van der Waals surface area (Å²) in [6, 6.07) is 2.10. The topological polar surface area (TPSA) is 20.2 Å². The molecule has 1 aromatic rings. The molecule has 0 spiro atoms. The number of aryl methyl sites for hydroxylation is 1. The number of aliphatic hydroxyl groups is 1. The van der Waals surface area contributed by atoms with E-state index in [1.54, 1.807) is 11.3 Å². The molecular weight excluding hydrogens is 216 g/mol. The largest absolute Gasteiger partial charge is 0.388 e. The van der Waals surface area contributed by atoms with E-state index in [9.17, 15) is 5.11 Å². The monoisotopic (exact) mass is 238 g/mol. The van der Waals surface area contributed by atoms with Crippen LogP contribution in [-0.4, -0.2) is 5.11 Å². The van der Waals surface area contributed by atoms with E-state index in [2.05, 4.69) is 18.4 Å². The molecule has 0 bridgehead atoms. The van der Waals surface area contributed by atoms with Crippen LogP contribution in [0.2, 0.25) is 0 Å². The molecular formula is C14H22OS. The van der Waals surface area contributed by atoms with Crippen LogP contribution >= 0.6 is 11.3 Å². The molecule has 2 heteroatoms. The van der Waals surface area contributed by atoms with Crippen molar-refractivity contribution in [3.8, 4) is 0 Å². The fourth-order valence-electron chi connectivity index (χ4n) is 2.76. The highest BCUT2D eigenvalue weighted by Gasteiger charge is 2.23. The molecule has 1 aliphatic carbocycles. The van der Waals surface area contributed by atoms with E-state index in [1.807, 2.05) is 0 Å². The second kappa shape index (κ2) is 5.83. The van der Waals surface area contributed by atoms with E-state index in [0.717, 1.165) is 0 Å². The summed E-state index contributed by atoms with van der Waals surface area (Å²) in [6.07, 6.45) is 8.88. The van der Waals surface area contributed by atoms with Crippen molar-refractivity contribution in [3.05, 3.63) is 21.9 Å². The van der Waals surface area contributed by atoms with E-state index >= 15 is 0 Å². The van der Waals surface area contributed by atoms with Crippen molar-refractivity contribution in [1.29, 1.82) is 0 Å². The number of thiophene rings is 1. The lowest BCUT2D eigenvalue weighted by Crippen LogP contribution is -2.14. The van der Waals surface area contributed by atoms with Crippen LogP contribution in [-0.2, 0) is 0 Å². The van der Waals surface area contributed by atoms with Gasteiger partial charge in [-0.2, -0.15) is 0 Å². The summed E-state index contributed by atoms with van der Waals surface area (Å²) in [5.41, 5.74) is 1.18. The lowest BCUT2D eigenvalue weighted by atomic mass is 9.85. The normalized spacial score (nSPS) is 21.4. The quantitative estimate of drug-likeness (QED) is 0.807. The molecule has 1 aromatic heterocycles. The maximum atomic E-state index is 10.4. The van der Waals surface area contributed by atoms with Gasteiger partial charge in [0.1, 0.15) is 0 Å². The summed E-state index contributed by atoms with van der Waals surface area (Å²) >= 11 is 1.75. The lowest BCUT2D eigenvalue weighted by molar-refractivity contribution is 0.0912. The Morgan fingerprint density at radius 2 is 1.81 bits per heavy atom. The molecule has 1 saturated carbocycles. The van der Waals surface area contributed by atoms with Gasteiger partial charge in [0.15, 0.2) is 0 Å². The second-order valence-corrected chi connectivity index (χ2v) is 6.10. The molecule has 1 nitrogen and oxygen atoms in total. The lowest BCUT2D eigenvalue weighted by Gasteiger charge is -2.25. The van der Waals surface area contributed by atoms with Gasteiger partial charge >= 0.3 is 0 Å². The van der Waals surface area contributed by atoms with Crippen molar-refractivity contribution in [2.45, 2.75) is 58.0 Å². The van der Waals surface area contributed by atoms with Crippen LogP contribution in [0.4, 0.5) is 0 Å². The summed E-state index contributed by atoms with van der Waals surface area (Å²) in [4.78, 5) is 1.29. The summed E-state index contributed by atoms with van der Waals surface area (Å²) < 4.78 is 0. The third kappa shape index (κ3) is 2.86. The van der Waals surface area contributed by atoms with Crippen LogP contribution in [0.25, 0.3) is 0 Å². The minimum atomic E-state index is -0.218. The molecule has 1 N–H and O–H groups in total. The van der Waals surface area contributed by atoms with E-state index in [1.165, 1.54) is 55.4 Å². The van der Waals surface area contributed by atoms with Gasteiger partial charge in [0, 0.05) is 4.88 Å². The van der Waals surface area contributed by atoms with E-state index in [4.69, 9.17) is 0 Å². The van der Waals surface area contributed by atoms with E-state index in [-0.39, 0.29) is 6.10 Å². The highest BCUT2D eigenvalue weighted by atomic mass is 32.1. The minimum Gasteiger partial charge on any atom is -0.388 e. The Hall–Kier alpha value is -0.340. The van der Waals surface area contributed by atoms with Gasteiger partial charge in [0.05, 0.1) is 6.10 Å². The Bertz CT molecular complexity index is 310. The van der Waals surface area contributed by atoms with Gasteiger partial charge in [-0.05, 0) is 42.7 Å². The van der Waals surface area contributed by atoms with Gasteiger partial charge < -0.3 is 5.11 Å². The third-order valence-corrected chi connectivity index (χ3v) is 4.68. The van der Waals surface area contributed by atoms with Crippen molar-refractivity contribution in [2.75, 3.05) is 0 Å². The molecule has 0 saturated heterocycles. The van der Waals surface area contributed by atoms with Crippen LogP contribution in [0.3, 0.4) is 0 Å². The first-order valence-electron chi connectivity index (χ1n) is 6.51. The highest BCUT2D eigenvalue weighted by Crippen LogP contribution is 2.35. The molecule has 1 heterocycles. The highest BCUT2D eigenvalue weighted by molar-refractivity contribution is 7.10.